The Kier molecular flexibility index (Phi) is 6.08. The number of halogens is 2. The van der Waals surface area contributed by atoms with E-state index >= 15 is 0 Å². The first-order valence-corrected chi connectivity index (χ1v) is 7.29. The molecule has 0 aliphatic heterocycles. The molecule has 122 valence electrons. The smallest absolute Gasteiger partial charge is 0.0674 e. The van der Waals surface area contributed by atoms with Crippen LogP contribution in [0.4, 0.5) is 0 Å². The molecule has 0 radical (unpaired) electrons. The summed E-state index contributed by atoms with van der Waals surface area (Å²) < 4.78 is 1.97. The van der Waals surface area contributed by atoms with Crippen LogP contribution < -0.4 is 0 Å². The lowest BCUT2D eigenvalue weighted by molar-refractivity contribution is 0.299. The molecule has 5 heteroatoms. The molecule has 1 aliphatic carbocycles. The Hall–Kier alpha value is -1.03. The standard InChI is InChI=1S/C17H23N3.2ClH/c1-11-17(12(2)20(5)18-11)14-7-6-13-8-9-16(19(3)4)15(13)10-14;;/h6-7,10,16H,8-9H2,1-5H3;2*1H. The molecule has 0 bridgehead atoms. The summed E-state index contributed by atoms with van der Waals surface area (Å²) in [6.45, 7) is 4.24. The molecular weight excluding hydrogens is 317 g/mol. The van der Waals surface area contributed by atoms with E-state index in [-0.39, 0.29) is 24.8 Å². The zero-order valence-electron chi connectivity index (χ0n) is 13.9. The van der Waals surface area contributed by atoms with Crippen LogP contribution in [-0.4, -0.2) is 28.8 Å². The lowest BCUT2D eigenvalue weighted by atomic mass is 9.98. The third-order valence-corrected chi connectivity index (χ3v) is 4.61. The van der Waals surface area contributed by atoms with Crippen molar-refractivity contribution in [1.29, 1.82) is 0 Å². The van der Waals surface area contributed by atoms with Gasteiger partial charge < -0.3 is 4.90 Å². The van der Waals surface area contributed by atoms with Gasteiger partial charge in [-0.05, 0) is 63.5 Å². The van der Waals surface area contributed by atoms with Gasteiger partial charge in [-0.25, -0.2) is 0 Å². The van der Waals surface area contributed by atoms with Crippen LogP contribution in [0.25, 0.3) is 11.1 Å². The molecule has 0 amide bonds. The lowest BCUT2D eigenvalue weighted by Gasteiger charge is -2.20. The number of hydrogen-bond acceptors (Lipinski definition) is 2. The maximum absolute atomic E-state index is 4.54. The number of rotatable bonds is 2. The van der Waals surface area contributed by atoms with Crippen molar-refractivity contribution < 1.29 is 0 Å². The molecule has 2 aromatic rings. The van der Waals surface area contributed by atoms with Crippen LogP contribution in [0, 0.1) is 13.8 Å². The van der Waals surface area contributed by atoms with Gasteiger partial charge in [0.2, 0.25) is 0 Å². The predicted octanol–water partition coefficient (Wildman–Crippen LogP) is 4.10. The second kappa shape index (κ2) is 7.03. The van der Waals surface area contributed by atoms with E-state index in [1.165, 1.54) is 40.8 Å². The van der Waals surface area contributed by atoms with E-state index in [1.54, 1.807) is 0 Å². The molecule has 1 aromatic carbocycles. The highest BCUT2D eigenvalue weighted by Crippen LogP contribution is 2.38. The fraction of sp³-hybridized carbons (Fsp3) is 0.471. The Morgan fingerprint density at radius 1 is 1.18 bits per heavy atom. The fourth-order valence-corrected chi connectivity index (χ4v) is 3.46. The number of hydrogen-bond donors (Lipinski definition) is 0. The van der Waals surface area contributed by atoms with E-state index in [2.05, 4.69) is 56.1 Å². The Labute approximate surface area is 145 Å². The minimum absolute atomic E-state index is 0. The van der Waals surface area contributed by atoms with Crippen molar-refractivity contribution in [2.75, 3.05) is 14.1 Å². The summed E-state index contributed by atoms with van der Waals surface area (Å²) in [7, 11) is 6.36. The fourth-order valence-electron chi connectivity index (χ4n) is 3.46. The van der Waals surface area contributed by atoms with Crippen LogP contribution in [0.1, 0.15) is 35.0 Å². The average molecular weight is 342 g/mol. The Morgan fingerprint density at radius 3 is 2.41 bits per heavy atom. The molecule has 1 aliphatic rings. The zero-order chi connectivity index (χ0) is 14.4. The molecule has 3 nitrogen and oxygen atoms in total. The molecule has 3 rings (SSSR count). The number of nitrogens with zero attached hydrogens (tertiary/aromatic N) is 3. The van der Waals surface area contributed by atoms with E-state index in [0.29, 0.717) is 6.04 Å². The number of aromatic nitrogens is 2. The van der Waals surface area contributed by atoms with E-state index in [1.807, 2.05) is 11.7 Å². The first-order valence-electron chi connectivity index (χ1n) is 7.29. The maximum atomic E-state index is 4.54. The summed E-state index contributed by atoms with van der Waals surface area (Å²) in [5, 5.41) is 4.54. The molecule has 0 fully saturated rings. The highest BCUT2D eigenvalue weighted by Gasteiger charge is 2.25. The number of fused-ring (bicyclic) bond motifs is 1. The van der Waals surface area contributed by atoms with Crippen molar-refractivity contribution in [3.8, 4) is 11.1 Å². The second-order valence-corrected chi connectivity index (χ2v) is 6.10. The molecule has 1 unspecified atom stereocenters. The highest BCUT2D eigenvalue weighted by molar-refractivity contribution is 5.85. The second-order valence-electron chi connectivity index (χ2n) is 6.10. The topological polar surface area (TPSA) is 21.1 Å². The summed E-state index contributed by atoms with van der Waals surface area (Å²) in [6.07, 6.45) is 2.43. The lowest BCUT2D eigenvalue weighted by Crippen LogP contribution is -2.17. The van der Waals surface area contributed by atoms with Crippen molar-refractivity contribution in [3.05, 3.63) is 40.7 Å². The van der Waals surface area contributed by atoms with Gasteiger partial charge in [-0.3, -0.25) is 4.68 Å². The van der Waals surface area contributed by atoms with Gasteiger partial charge in [-0.1, -0.05) is 12.1 Å². The summed E-state index contributed by atoms with van der Waals surface area (Å²) in [6, 6.07) is 7.50. The van der Waals surface area contributed by atoms with Gasteiger partial charge in [0.15, 0.2) is 0 Å². The van der Waals surface area contributed by atoms with Crippen molar-refractivity contribution in [2.24, 2.45) is 7.05 Å². The van der Waals surface area contributed by atoms with Gasteiger partial charge in [0.1, 0.15) is 0 Å². The third kappa shape index (κ3) is 3.03. The maximum Gasteiger partial charge on any atom is 0.0674 e. The van der Waals surface area contributed by atoms with E-state index in [0.717, 1.165) is 5.69 Å². The van der Waals surface area contributed by atoms with Crippen LogP contribution in [0.3, 0.4) is 0 Å². The van der Waals surface area contributed by atoms with Crippen molar-refractivity contribution >= 4 is 24.8 Å². The Bertz CT molecular complexity index is 662. The molecule has 22 heavy (non-hydrogen) atoms. The predicted molar refractivity (Wildman–Crippen MR) is 97.4 cm³/mol. The van der Waals surface area contributed by atoms with Gasteiger partial charge in [-0.2, -0.15) is 5.10 Å². The first kappa shape index (κ1) is 19.0. The molecule has 1 heterocycles. The SMILES string of the molecule is Cc1nn(C)c(C)c1-c1ccc2c(c1)C(N(C)C)CC2.Cl.Cl. The zero-order valence-corrected chi connectivity index (χ0v) is 15.5. The van der Waals surface area contributed by atoms with E-state index in [4.69, 9.17) is 0 Å². The Balaban J connectivity index is 0.00000121. The number of benzene rings is 1. The average Bonchev–Trinajstić information content (AvgIpc) is 2.91. The van der Waals surface area contributed by atoms with E-state index < -0.39 is 0 Å². The van der Waals surface area contributed by atoms with Crippen LogP contribution in [0.15, 0.2) is 18.2 Å². The minimum Gasteiger partial charge on any atom is -0.302 e. The van der Waals surface area contributed by atoms with Crippen LogP contribution in [0.2, 0.25) is 0 Å². The summed E-state index contributed by atoms with van der Waals surface area (Å²) >= 11 is 0. The quantitative estimate of drug-likeness (QED) is 0.819. The molecule has 0 saturated carbocycles. The van der Waals surface area contributed by atoms with Gasteiger partial charge in [0.05, 0.1) is 5.69 Å². The third-order valence-electron chi connectivity index (χ3n) is 4.61. The summed E-state index contributed by atoms with van der Waals surface area (Å²) in [5.41, 5.74) is 7.95. The monoisotopic (exact) mass is 341 g/mol. The van der Waals surface area contributed by atoms with Crippen LogP contribution in [-0.2, 0) is 13.5 Å². The largest absolute Gasteiger partial charge is 0.302 e. The number of aryl methyl sites for hydroxylation is 3. The van der Waals surface area contributed by atoms with Crippen molar-refractivity contribution in [3.63, 3.8) is 0 Å². The molecule has 1 aromatic heterocycles. The van der Waals surface area contributed by atoms with Gasteiger partial charge in [0.25, 0.3) is 0 Å². The molecule has 1 atom stereocenters. The summed E-state index contributed by atoms with van der Waals surface area (Å²) in [4.78, 5) is 2.33. The van der Waals surface area contributed by atoms with Gasteiger partial charge in [0, 0.05) is 24.3 Å². The summed E-state index contributed by atoms with van der Waals surface area (Å²) in [5.74, 6) is 0. The molecular formula is C17H25Cl2N3. The van der Waals surface area contributed by atoms with Crippen molar-refractivity contribution in [1.82, 2.24) is 14.7 Å². The van der Waals surface area contributed by atoms with E-state index in [9.17, 15) is 0 Å². The molecule has 0 saturated heterocycles. The molecule has 0 spiro atoms. The highest BCUT2D eigenvalue weighted by atomic mass is 35.5. The van der Waals surface area contributed by atoms with Crippen LogP contribution in [0.5, 0.6) is 0 Å². The van der Waals surface area contributed by atoms with Gasteiger partial charge in [-0.15, -0.1) is 24.8 Å². The normalized spacial score (nSPS) is 16.2. The Morgan fingerprint density at radius 2 is 1.86 bits per heavy atom. The minimum atomic E-state index is 0. The van der Waals surface area contributed by atoms with Crippen molar-refractivity contribution in [2.45, 2.75) is 32.7 Å². The first-order chi connectivity index (χ1) is 9.49. The van der Waals surface area contributed by atoms with Gasteiger partial charge >= 0.3 is 0 Å². The molecule has 0 N–H and O–H groups in total. The van der Waals surface area contributed by atoms with Crippen LogP contribution >= 0.6 is 24.8 Å².